The zero-order chi connectivity index (χ0) is 16.5. The van der Waals surface area contributed by atoms with Crippen LogP contribution < -0.4 is 4.74 Å². The normalized spacial score (nSPS) is 10.3. The minimum Gasteiger partial charge on any atom is -0.465 e. The molecule has 0 saturated carbocycles. The molecule has 1 aromatic carbocycles. The van der Waals surface area contributed by atoms with Gasteiger partial charge >= 0.3 is 5.97 Å². The summed E-state index contributed by atoms with van der Waals surface area (Å²) < 4.78 is 10.3. The molecule has 1 aromatic heterocycles. The molecule has 0 atom stereocenters. The molecule has 0 fully saturated rings. The molecule has 0 aliphatic heterocycles. The van der Waals surface area contributed by atoms with Crippen LogP contribution in [0.4, 0.5) is 0 Å². The van der Waals surface area contributed by atoms with Crippen LogP contribution in [0.2, 0.25) is 0 Å². The SMILES string of the molecule is CCCCCCc1ccc(Oc2ccc(C(=O)OC)cn2)cc1. The van der Waals surface area contributed by atoms with Gasteiger partial charge in [0.1, 0.15) is 5.75 Å². The monoisotopic (exact) mass is 313 g/mol. The maximum Gasteiger partial charge on any atom is 0.339 e. The van der Waals surface area contributed by atoms with Crippen molar-refractivity contribution in [2.24, 2.45) is 0 Å². The Morgan fingerprint density at radius 2 is 1.83 bits per heavy atom. The molecule has 4 heteroatoms. The van der Waals surface area contributed by atoms with Crippen molar-refractivity contribution in [3.8, 4) is 11.6 Å². The van der Waals surface area contributed by atoms with Gasteiger partial charge in [-0.2, -0.15) is 0 Å². The van der Waals surface area contributed by atoms with Crippen LogP contribution in [0.25, 0.3) is 0 Å². The highest BCUT2D eigenvalue weighted by atomic mass is 16.5. The Kier molecular flexibility index (Phi) is 6.60. The predicted molar refractivity (Wildman–Crippen MR) is 89.9 cm³/mol. The summed E-state index contributed by atoms with van der Waals surface area (Å²) in [7, 11) is 1.34. The van der Waals surface area contributed by atoms with Crippen LogP contribution in [0.1, 0.15) is 48.5 Å². The van der Waals surface area contributed by atoms with E-state index in [4.69, 9.17) is 4.74 Å². The number of pyridine rings is 1. The van der Waals surface area contributed by atoms with Gasteiger partial charge in [0.15, 0.2) is 0 Å². The average molecular weight is 313 g/mol. The number of aromatic nitrogens is 1. The van der Waals surface area contributed by atoms with Crippen molar-refractivity contribution >= 4 is 5.97 Å². The van der Waals surface area contributed by atoms with Crippen LogP contribution in [0.3, 0.4) is 0 Å². The van der Waals surface area contributed by atoms with Crippen molar-refractivity contribution in [2.75, 3.05) is 7.11 Å². The highest BCUT2D eigenvalue weighted by Gasteiger charge is 2.06. The topological polar surface area (TPSA) is 48.4 Å². The third kappa shape index (κ3) is 5.40. The Morgan fingerprint density at radius 1 is 1.04 bits per heavy atom. The molecule has 0 radical (unpaired) electrons. The van der Waals surface area contributed by atoms with E-state index in [0.717, 1.165) is 12.2 Å². The first kappa shape index (κ1) is 17.0. The van der Waals surface area contributed by atoms with Crippen molar-refractivity contribution in [1.82, 2.24) is 4.98 Å². The first-order chi connectivity index (χ1) is 11.2. The molecule has 0 amide bonds. The van der Waals surface area contributed by atoms with E-state index in [1.165, 1.54) is 44.6 Å². The largest absolute Gasteiger partial charge is 0.465 e. The summed E-state index contributed by atoms with van der Waals surface area (Å²) in [5, 5.41) is 0. The number of esters is 1. The second-order valence-electron chi connectivity index (χ2n) is 5.43. The van der Waals surface area contributed by atoms with Crippen molar-refractivity contribution in [3.63, 3.8) is 0 Å². The zero-order valence-corrected chi connectivity index (χ0v) is 13.7. The molecule has 1 heterocycles. The van der Waals surface area contributed by atoms with Crippen molar-refractivity contribution < 1.29 is 14.3 Å². The van der Waals surface area contributed by atoms with Crippen LogP contribution in [0, 0.1) is 0 Å². The van der Waals surface area contributed by atoms with E-state index < -0.39 is 5.97 Å². The second-order valence-corrected chi connectivity index (χ2v) is 5.43. The predicted octanol–water partition coefficient (Wildman–Crippen LogP) is 4.78. The van der Waals surface area contributed by atoms with Gasteiger partial charge in [-0.15, -0.1) is 0 Å². The smallest absolute Gasteiger partial charge is 0.339 e. The van der Waals surface area contributed by atoms with Crippen molar-refractivity contribution in [2.45, 2.75) is 39.0 Å². The van der Waals surface area contributed by atoms with E-state index in [2.05, 4.69) is 28.8 Å². The van der Waals surface area contributed by atoms with Crippen LogP contribution in [-0.2, 0) is 11.2 Å². The van der Waals surface area contributed by atoms with Gasteiger partial charge in [-0.05, 0) is 36.6 Å². The fraction of sp³-hybridized carbons (Fsp3) is 0.368. The number of hydrogen-bond donors (Lipinski definition) is 0. The number of benzene rings is 1. The molecule has 122 valence electrons. The molecule has 2 aromatic rings. The van der Waals surface area contributed by atoms with Gasteiger partial charge in [0.05, 0.1) is 12.7 Å². The summed E-state index contributed by atoms with van der Waals surface area (Å²) in [5.74, 6) is 0.783. The lowest BCUT2D eigenvalue weighted by Gasteiger charge is -2.07. The van der Waals surface area contributed by atoms with Gasteiger partial charge in [0.2, 0.25) is 5.88 Å². The number of unbranched alkanes of at least 4 members (excludes halogenated alkanes) is 3. The molecule has 0 bridgehead atoms. The van der Waals surface area contributed by atoms with Crippen LogP contribution in [-0.4, -0.2) is 18.1 Å². The Labute approximate surface area is 137 Å². The van der Waals surface area contributed by atoms with E-state index in [9.17, 15) is 4.79 Å². The highest BCUT2D eigenvalue weighted by molar-refractivity contribution is 5.88. The molecule has 0 N–H and O–H groups in total. The Hall–Kier alpha value is -2.36. The third-order valence-electron chi connectivity index (χ3n) is 3.62. The van der Waals surface area contributed by atoms with E-state index in [1.54, 1.807) is 12.1 Å². The first-order valence-corrected chi connectivity index (χ1v) is 8.04. The van der Waals surface area contributed by atoms with Gasteiger partial charge in [-0.1, -0.05) is 38.3 Å². The Balaban J connectivity index is 1.89. The van der Waals surface area contributed by atoms with Gasteiger partial charge in [0, 0.05) is 12.3 Å². The quantitative estimate of drug-likeness (QED) is 0.519. The van der Waals surface area contributed by atoms with Crippen molar-refractivity contribution in [1.29, 1.82) is 0 Å². The lowest BCUT2D eigenvalue weighted by Crippen LogP contribution is -2.01. The standard InChI is InChI=1S/C19H23NO3/c1-3-4-5-6-7-15-8-11-17(12-9-15)23-18-13-10-16(14-20-18)19(21)22-2/h8-14H,3-7H2,1-2H3. The number of methoxy groups -OCH3 is 1. The number of nitrogens with zero attached hydrogens (tertiary/aromatic N) is 1. The van der Waals surface area contributed by atoms with Gasteiger partial charge in [0.25, 0.3) is 0 Å². The van der Waals surface area contributed by atoms with E-state index in [1.807, 2.05) is 12.1 Å². The summed E-state index contributed by atoms with van der Waals surface area (Å²) >= 11 is 0. The van der Waals surface area contributed by atoms with Gasteiger partial charge < -0.3 is 9.47 Å². The Morgan fingerprint density at radius 3 is 2.43 bits per heavy atom. The molecule has 0 spiro atoms. The number of aryl methyl sites for hydroxylation is 1. The molecule has 0 aliphatic carbocycles. The zero-order valence-electron chi connectivity index (χ0n) is 13.7. The number of carbonyl (C=O) groups is 1. The number of ether oxygens (including phenoxy) is 2. The van der Waals surface area contributed by atoms with Crippen LogP contribution in [0.5, 0.6) is 11.6 Å². The highest BCUT2D eigenvalue weighted by Crippen LogP contribution is 2.21. The summed E-state index contributed by atoms with van der Waals surface area (Å²) in [6, 6.07) is 11.4. The number of carbonyl (C=O) groups excluding carboxylic acids is 1. The van der Waals surface area contributed by atoms with Gasteiger partial charge in [-0.3, -0.25) is 0 Å². The molecular formula is C19H23NO3. The molecule has 0 aliphatic rings. The minimum absolute atomic E-state index is 0.405. The third-order valence-corrected chi connectivity index (χ3v) is 3.62. The number of rotatable bonds is 8. The van der Waals surface area contributed by atoms with Crippen molar-refractivity contribution in [3.05, 3.63) is 53.7 Å². The number of hydrogen-bond acceptors (Lipinski definition) is 4. The summed E-state index contributed by atoms with van der Waals surface area (Å²) in [4.78, 5) is 15.5. The fourth-order valence-corrected chi connectivity index (χ4v) is 2.28. The minimum atomic E-state index is -0.406. The molecule has 0 saturated heterocycles. The first-order valence-electron chi connectivity index (χ1n) is 8.04. The van der Waals surface area contributed by atoms with Crippen LogP contribution >= 0.6 is 0 Å². The van der Waals surface area contributed by atoms with Gasteiger partial charge in [-0.25, -0.2) is 9.78 Å². The van der Waals surface area contributed by atoms with E-state index >= 15 is 0 Å². The molecule has 2 rings (SSSR count). The molecule has 4 nitrogen and oxygen atoms in total. The van der Waals surface area contributed by atoms with E-state index in [0.29, 0.717) is 11.4 Å². The summed E-state index contributed by atoms with van der Waals surface area (Å²) in [6.45, 7) is 2.22. The lowest BCUT2D eigenvalue weighted by molar-refractivity contribution is 0.0600. The second kappa shape index (κ2) is 8.93. The lowest BCUT2D eigenvalue weighted by atomic mass is 10.1. The molecular weight excluding hydrogens is 290 g/mol. The summed E-state index contributed by atoms with van der Waals surface area (Å²) in [5.41, 5.74) is 1.73. The average Bonchev–Trinajstić information content (AvgIpc) is 2.60. The van der Waals surface area contributed by atoms with E-state index in [-0.39, 0.29) is 0 Å². The molecule has 23 heavy (non-hydrogen) atoms. The fourth-order valence-electron chi connectivity index (χ4n) is 2.28. The van der Waals surface area contributed by atoms with Crippen LogP contribution in [0.15, 0.2) is 42.6 Å². The molecule has 0 unspecified atom stereocenters. The maximum atomic E-state index is 11.3. The summed E-state index contributed by atoms with van der Waals surface area (Å²) in [6.07, 6.45) is 7.62. The maximum absolute atomic E-state index is 11.3. The Bertz CT molecular complexity index is 606.